The molecule has 4 heteroatoms. The first kappa shape index (κ1) is 14.8. The largest absolute Gasteiger partial charge is 0.326 e. The highest BCUT2D eigenvalue weighted by Crippen LogP contribution is 2.18. The van der Waals surface area contributed by atoms with Gasteiger partial charge in [0, 0.05) is 6.54 Å². The van der Waals surface area contributed by atoms with Gasteiger partial charge in [-0.1, -0.05) is 20.3 Å². The van der Waals surface area contributed by atoms with Gasteiger partial charge in [-0.05, 0) is 37.7 Å². The summed E-state index contributed by atoms with van der Waals surface area (Å²) in [4.78, 5) is 14.0. The maximum atomic E-state index is 12.0. The van der Waals surface area contributed by atoms with E-state index in [2.05, 4.69) is 25.4 Å². The summed E-state index contributed by atoms with van der Waals surface area (Å²) in [6, 6.07) is -0.00593. The van der Waals surface area contributed by atoms with Crippen LogP contribution < -0.4 is 5.32 Å². The Kier molecular flexibility index (Phi) is 6.34. The van der Waals surface area contributed by atoms with Crippen LogP contribution in [0, 0.1) is 5.92 Å². The van der Waals surface area contributed by atoms with Crippen LogP contribution in [0.2, 0.25) is 0 Å². The molecule has 100 valence electrons. The molecule has 0 aromatic heterocycles. The standard InChI is InChI=1S/C13H26N2OS/c1-10(2)12-14-11(3)13(16)15(12)8-6-5-7-9-17-4/h10-12,14H,5-9H2,1-4H3. The maximum Gasteiger partial charge on any atom is 0.240 e. The zero-order valence-corrected chi connectivity index (χ0v) is 12.3. The van der Waals surface area contributed by atoms with E-state index in [1.807, 2.05) is 23.6 Å². The molecule has 1 N–H and O–H groups in total. The van der Waals surface area contributed by atoms with E-state index in [0.717, 1.165) is 13.0 Å². The van der Waals surface area contributed by atoms with Crippen LogP contribution >= 0.6 is 11.8 Å². The smallest absolute Gasteiger partial charge is 0.240 e. The first-order valence-electron chi connectivity index (χ1n) is 6.63. The Labute approximate surface area is 110 Å². The van der Waals surface area contributed by atoms with E-state index in [9.17, 15) is 4.79 Å². The molecular formula is C13H26N2OS. The van der Waals surface area contributed by atoms with Crippen LogP contribution in [-0.4, -0.2) is 41.6 Å². The van der Waals surface area contributed by atoms with Crippen molar-refractivity contribution in [2.24, 2.45) is 5.92 Å². The summed E-state index contributed by atoms with van der Waals surface area (Å²) in [6.45, 7) is 7.21. The van der Waals surface area contributed by atoms with E-state index in [1.54, 1.807) is 0 Å². The van der Waals surface area contributed by atoms with Gasteiger partial charge in [0.25, 0.3) is 0 Å². The van der Waals surface area contributed by atoms with Gasteiger partial charge in [0.2, 0.25) is 5.91 Å². The molecule has 0 bridgehead atoms. The number of nitrogens with one attached hydrogen (secondary N) is 1. The molecule has 0 radical (unpaired) electrons. The first-order chi connectivity index (χ1) is 8.07. The van der Waals surface area contributed by atoms with Crippen LogP contribution in [0.15, 0.2) is 0 Å². The molecule has 2 unspecified atom stereocenters. The van der Waals surface area contributed by atoms with Crippen LogP contribution in [0.5, 0.6) is 0 Å². The van der Waals surface area contributed by atoms with Gasteiger partial charge in [0.1, 0.15) is 0 Å². The summed E-state index contributed by atoms with van der Waals surface area (Å²) in [5.41, 5.74) is 0. The molecule has 0 aromatic rings. The third-order valence-electron chi connectivity index (χ3n) is 3.29. The van der Waals surface area contributed by atoms with Gasteiger partial charge in [-0.25, -0.2) is 0 Å². The number of amides is 1. The molecule has 1 fully saturated rings. The molecule has 1 rings (SSSR count). The quantitative estimate of drug-likeness (QED) is 0.711. The number of thioether (sulfide) groups is 1. The summed E-state index contributed by atoms with van der Waals surface area (Å²) in [5.74, 6) is 1.99. The molecule has 1 heterocycles. The summed E-state index contributed by atoms with van der Waals surface area (Å²) < 4.78 is 0. The van der Waals surface area contributed by atoms with Crippen molar-refractivity contribution in [2.45, 2.75) is 52.2 Å². The molecule has 0 aliphatic carbocycles. The highest BCUT2D eigenvalue weighted by molar-refractivity contribution is 7.98. The molecule has 17 heavy (non-hydrogen) atoms. The topological polar surface area (TPSA) is 32.3 Å². The van der Waals surface area contributed by atoms with Gasteiger partial charge >= 0.3 is 0 Å². The highest BCUT2D eigenvalue weighted by atomic mass is 32.2. The van der Waals surface area contributed by atoms with Crippen LogP contribution in [0.3, 0.4) is 0 Å². The van der Waals surface area contributed by atoms with Crippen LogP contribution in [-0.2, 0) is 4.79 Å². The van der Waals surface area contributed by atoms with E-state index in [1.165, 1.54) is 18.6 Å². The average molecular weight is 258 g/mol. The van der Waals surface area contributed by atoms with E-state index in [-0.39, 0.29) is 18.1 Å². The van der Waals surface area contributed by atoms with Crippen LogP contribution in [0.1, 0.15) is 40.0 Å². The molecule has 0 saturated carbocycles. The molecular weight excluding hydrogens is 232 g/mol. The van der Waals surface area contributed by atoms with Crippen molar-refractivity contribution >= 4 is 17.7 Å². The summed E-state index contributed by atoms with van der Waals surface area (Å²) in [6.07, 6.45) is 5.99. The van der Waals surface area contributed by atoms with Crippen LogP contribution in [0.25, 0.3) is 0 Å². The van der Waals surface area contributed by atoms with Crippen molar-refractivity contribution < 1.29 is 4.79 Å². The first-order valence-corrected chi connectivity index (χ1v) is 8.02. The van der Waals surface area contributed by atoms with Crippen molar-refractivity contribution in [3.8, 4) is 0 Å². The number of rotatable bonds is 7. The van der Waals surface area contributed by atoms with Gasteiger partial charge in [-0.3, -0.25) is 10.1 Å². The van der Waals surface area contributed by atoms with E-state index in [0.29, 0.717) is 5.92 Å². The predicted octanol–water partition coefficient (Wildman–Crippen LogP) is 2.32. The monoisotopic (exact) mass is 258 g/mol. The van der Waals surface area contributed by atoms with Crippen molar-refractivity contribution in [3.63, 3.8) is 0 Å². The molecule has 3 nitrogen and oxygen atoms in total. The number of carbonyl (C=O) groups is 1. The Bertz CT molecular complexity index is 246. The normalized spacial score (nSPS) is 25.0. The Hall–Kier alpha value is -0.220. The highest BCUT2D eigenvalue weighted by Gasteiger charge is 2.36. The fourth-order valence-corrected chi connectivity index (χ4v) is 2.80. The summed E-state index contributed by atoms with van der Waals surface area (Å²) in [7, 11) is 0. The number of hydrogen-bond donors (Lipinski definition) is 1. The molecule has 1 aliphatic heterocycles. The maximum absolute atomic E-state index is 12.0. The lowest BCUT2D eigenvalue weighted by Crippen LogP contribution is -2.41. The number of hydrogen-bond acceptors (Lipinski definition) is 3. The number of nitrogens with zero attached hydrogens (tertiary/aromatic N) is 1. The minimum Gasteiger partial charge on any atom is -0.326 e. The van der Waals surface area contributed by atoms with Gasteiger partial charge < -0.3 is 4.90 Å². The second-order valence-corrected chi connectivity index (χ2v) is 6.15. The van der Waals surface area contributed by atoms with E-state index < -0.39 is 0 Å². The third-order valence-corrected chi connectivity index (χ3v) is 3.99. The number of unbranched alkanes of at least 4 members (excludes halogenated alkanes) is 2. The molecule has 0 aromatic carbocycles. The lowest BCUT2D eigenvalue weighted by molar-refractivity contribution is -0.130. The second-order valence-electron chi connectivity index (χ2n) is 5.16. The molecule has 2 atom stereocenters. The summed E-state index contributed by atoms with van der Waals surface area (Å²) in [5, 5.41) is 3.38. The molecule has 1 aliphatic rings. The predicted molar refractivity (Wildman–Crippen MR) is 75.2 cm³/mol. The fourth-order valence-electron chi connectivity index (χ4n) is 2.31. The minimum atomic E-state index is -0.00593. The SMILES string of the molecule is CSCCCCCN1C(=O)C(C)NC1C(C)C. The zero-order valence-electron chi connectivity index (χ0n) is 11.5. The molecule has 1 saturated heterocycles. The lowest BCUT2D eigenvalue weighted by Gasteiger charge is -2.27. The van der Waals surface area contributed by atoms with E-state index >= 15 is 0 Å². The van der Waals surface area contributed by atoms with Crippen molar-refractivity contribution in [1.29, 1.82) is 0 Å². The van der Waals surface area contributed by atoms with E-state index in [4.69, 9.17) is 0 Å². The van der Waals surface area contributed by atoms with Crippen LogP contribution in [0.4, 0.5) is 0 Å². The van der Waals surface area contributed by atoms with Crippen molar-refractivity contribution in [1.82, 2.24) is 10.2 Å². The van der Waals surface area contributed by atoms with Gasteiger partial charge in [-0.15, -0.1) is 0 Å². The lowest BCUT2D eigenvalue weighted by atomic mass is 10.1. The second kappa shape index (κ2) is 7.27. The summed E-state index contributed by atoms with van der Waals surface area (Å²) >= 11 is 1.90. The van der Waals surface area contributed by atoms with Gasteiger partial charge in [0.15, 0.2) is 0 Å². The average Bonchev–Trinajstić information content (AvgIpc) is 2.57. The third kappa shape index (κ3) is 4.18. The number of carbonyl (C=O) groups excluding carboxylic acids is 1. The van der Waals surface area contributed by atoms with Crippen molar-refractivity contribution in [3.05, 3.63) is 0 Å². The fraction of sp³-hybridized carbons (Fsp3) is 0.923. The minimum absolute atomic E-state index is 0.00593. The van der Waals surface area contributed by atoms with Gasteiger partial charge in [0.05, 0.1) is 12.2 Å². The molecule has 0 spiro atoms. The Balaban J connectivity index is 2.35. The Morgan fingerprint density at radius 3 is 2.65 bits per heavy atom. The zero-order chi connectivity index (χ0) is 12.8. The molecule has 1 amide bonds. The van der Waals surface area contributed by atoms with Crippen molar-refractivity contribution in [2.75, 3.05) is 18.6 Å². The Morgan fingerprint density at radius 1 is 1.35 bits per heavy atom. The Morgan fingerprint density at radius 2 is 2.06 bits per heavy atom. The van der Waals surface area contributed by atoms with Gasteiger partial charge in [-0.2, -0.15) is 11.8 Å².